The molecule has 0 aliphatic carbocycles. The fourth-order valence-corrected chi connectivity index (χ4v) is 3.43. The molecule has 28 heavy (non-hydrogen) atoms. The molecule has 6 nitrogen and oxygen atoms in total. The summed E-state index contributed by atoms with van der Waals surface area (Å²) in [5.74, 6) is -2.02. The van der Waals surface area contributed by atoms with E-state index in [9.17, 15) is 14.4 Å². The SMILES string of the molecule is O=C(COC(=O)[C@H]1CC(=O)N(c2cccc(Cl)c2)C1)Nc1ccc(Cl)cc1Cl. The molecule has 1 N–H and O–H groups in total. The van der Waals surface area contributed by atoms with Crippen LogP contribution in [-0.2, 0) is 19.1 Å². The fraction of sp³-hybridized carbons (Fsp3) is 0.211. The minimum Gasteiger partial charge on any atom is -0.455 e. The molecule has 1 saturated heterocycles. The van der Waals surface area contributed by atoms with Gasteiger partial charge < -0.3 is 15.0 Å². The van der Waals surface area contributed by atoms with Gasteiger partial charge in [0.2, 0.25) is 5.91 Å². The van der Waals surface area contributed by atoms with Gasteiger partial charge in [0, 0.05) is 28.7 Å². The van der Waals surface area contributed by atoms with Crippen molar-refractivity contribution in [2.24, 2.45) is 5.92 Å². The number of carbonyl (C=O) groups excluding carboxylic acids is 3. The summed E-state index contributed by atoms with van der Waals surface area (Å²) in [6, 6.07) is 11.4. The van der Waals surface area contributed by atoms with Gasteiger partial charge in [-0.3, -0.25) is 14.4 Å². The van der Waals surface area contributed by atoms with E-state index in [0.29, 0.717) is 21.4 Å². The molecule has 0 spiro atoms. The lowest BCUT2D eigenvalue weighted by atomic mass is 10.1. The second-order valence-corrected chi connectivity index (χ2v) is 7.45. The van der Waals surface area contributed by atoms with Crippen molar-refractivity contribution >= 4 is 64.0 Å². The Kier molecular flexibility index (Phi) is 6.44. The summed E-state index contributed by atoms with van der Waals surface area (Å²) in [6.07, 6.45) is 0.00990. The zero-order chi connectivity index (χ0) is 20.3. The Hall–Kier alpha value is -2.28. The lowest BCUT2D eigenvalue weighted by Crippen LogP contribution is -2.28. The predicted molar refractivity (Wildman–Crippen MR) is 108 cm³/mol. The maximum absolute atomic E-state index is 12.3. The lowest BCUT2D eigenvalue weighted by Gasteiger charge is -2.16. The van der Waals surface area contributed by atoms with Crippen LogP contribution in [0.1, 0.15) is 6.42 Å². The van der Waals surface area contributed by atoms with Gasteiger partial charge in [0.15, 0.2) is 6.61 Å². The summed E-state index contributed by atoms with van der Waals surface area (Å²) < 4.78 is 5.05. The van der Waals surface area contributed by atoms with Gasteiger partial charge >= 0.3 is 5.97 Å². The minimum absolute atomic E-state index is 0.00990. The number of esters is 1. The number of benzene rings is 2. The van der Waals surface area contributed by atoms with E-state index in [1.54, 1.807) is 36.4 Å². The smallest absolute Gasteiger partial charge is 0.311 e. The van der Waals surface area contributed by atoms with Gasteiger partial charge in [-0.05, 0) is 36.4 Å². The maximum Gasteiger partial charge on any atom is 0.311 e. The van der Waals surface area contributed by atoms with E-state index >= 15 is 0 Å². The van der Waals surface area contributed by atoms with Crippen LogP contribution in [0.4, 0.5) is 11.4 Å². The number of halogens is 3. The molecule has 1 aliphatic heterocycles. The summed E-state index contributed by atoms with van der Waals surface area (Å²) in [6.45, 7) is -0.317. The van der Waals surface area contributed by atoms with Gasteiger partial charge in [-0.15, -0.1) is 0 Å². The Balaban J connectivity index is 1.53. The Morgan fingerprint density at radius 2 is 1.86 bits per heavy atom. The number of hydrogen-bond donors (Lipinski definition) is 1. The average Bonchev–Trinajstić information content (AvgIpc) is 3.04. The molecule has 0 saturated carbocycles. The van der Waals surface area contributed by atoms with E-state index in [0.717, 1.165) is 0 Å². The summed E-state index contributed by atoms with van der Waals surface area (Å²) >= 11 is 17.7. The first-order chi connectivity index (χ1) is 13.3. The van der Waals surface area contributed by atoms with Gasteiger partial charge in [0.05, 0.1) is 16.6 Å². The van der Waals surface area contributed by atoms with E-state index in [1.807, 2.05) is 0 Å². The van der Waals surface area contributed by atoms with Gasteiger partial charge in [-0.25, -0.2) is 0 Å². The molecular formula is C19H15Cl3N2O4. The largest absolute Gasteiger partial charge is 0.455 e. The molecule has 2 amide bonds. The number of hydrogen-bond acceptors (Lipinski definition) is 4. The average molecular weight is 442 g/mol. The highest BCUT2D eigenvalue weighted by Crippen LogP contribution is 2.28. The Bertz CT molecular complexity index is 935. The second kappa shape index (κ2) is 8.82. The highest BCUT2D eigenvalue weighted by molar-refractivity contribution is 6.36. The molecule has 0 radical (unpaired) electrons. The fourth-order valence-electron chi connectivity index (χ4n) is 2.79. The van der Waals surface area contributed by atoms with Crippen molar-refractivity contribution in [2.45, 2.75) is 6.42 Å². The normalized spacial score (nSPS) is 16.2. The first kappa shape index (κ1) is 20.5. The van der Waals surface area contributed by atoms with Gasteiger partial charge in [0.1, 0.15) is 0 Å². The summed E-state index contributed by atoms with van der Waals surface area (Å²) in [5, 5.41) is 3.73. The second-order valence-electron chi connectivity index (χ2n) is 6.17. The van der Waals surface area contributed by atoms with E-state index in [2.05, 4.69) is 5.32 Å². The molecule has 0 bridgehead atoms. The molecule has 3 rings (SSSR count). The van der Waals surface area contributed by atoms with Crippen molar-refractivity contribution in [1.29, 1.82) is 0 Å². The van der Waals surface area contributed by atoms with Crippen LogP contribution in [0, 0.1) is 5.92 Å². The molecule has 9 heteroatoms. The van der Waals surface area contributed by atoms with E-state index in [-0.39, 0.29) is 23.9 Å². The van der Waals surface area contributed by atoms with Crippen molar-refractivity contribution in [3.8, 4) is 0 Å². The highest BCUT2D eigenvalue weighted by Gasteiger charge is 2.36. The van der Waals surface area contributed by atoms with Gasteiger partial charge in [-0.2, -0.15) is 0 Å². The topological polar surface area (TPSA) is 75.7 Å². The third-order valence-electron chi connectivity index (χ3n) is 4.13. The molecule has 1 fully saturated rings. The quantitative estimate of drug-likeness (QED) is 0.706. The van der Waals surface area contributed by atoms with Crippen molar-refractivity contribution in [3.63, 3.8) is 0 Å². The monoisotopic (exact) mass is 440 g/mol. The molecule has 1 aliphatic rings. The van der Waals surface area contributed by atoms with Crippen molar-refractivity contribution in [2.75, 3.05) is 23.4 Å². The van der Waals surface area contributed by atoms with Crippen LogP contribution in [0.15, 0.2) is 42.5 Å². The van der Waals surface area contributed by atoms with Crippen molar-refractivity contribution < 1.29 is 19.1 Å². The highest BCUT2D eigenvalue weighted by atomic mass is 35.5. The molecule has 0 unspecified atom stereocenters. The van der Waals surface area contributed by atoms with Gasteiger partial charge in [0.25, 0.3) is 5.91 Å². The van der Waals surface area contributed by atoms with Crippen LogP contribution < -0.4 is 10.2 Å². The molecule has 1 heterocycles. The lowest BCUT2D eigenvalue weighted by molar-refractivity contribution is -0.151. The predicted octanol–water partition coefficient (Wildman–Crippen LogP) is 4.18. The van der Waals surface area contributed by atoms with Crippen molar-refractivity contribution in [1.82, 2.24) is 0 Å². The molecule has 2 aromatic carbocycles. The summed E-state index contributed by atoms with van der Waals surface area (Å²) in [5.41, 5.74) is 0.971. The first-order valence-corrected chi connectivity index (χ1v) is 9.44. The summed E-state index contributed by atoms with van der Waals surface area (Å²) in [7, 11) is 0. The number of carbonyl (C=O) groups is 3. The van der Waals surface area contributed by atoms with Crippen molar-refractivity contribution in [3.05, 3.63) is 57.5 Å². The number of ether oxygens (including phenoxy) is 1. The third-order valence-corrected chi connectivity index (χ3v) is 4.91. The van der Waals surface area contributed by atoms with E-state index < -0.39 is 24.4 Å². The van der Waals surface area contributed by atoms with Crippen LogP contribution >= 0.6 is 34.8 Å². The Morgan fingerprint density at radius 3 is 2.57 bits per heavy atom. The number of nitrogens with one attached hydrogen (secondary N) is 1. The number of rotatable bonds is 5. The Morgan fingerprint density at radius 1 is 1.11 bits per heavy atom. The van der Waals surface area contributed by atoms with E-state index in [1.165, 1.54) is 11.0 Å². The molecule has 0 aromatic heterocycles. The zero-order valence-electron chi connectivity index (χ0n) is 14.5. The number of nitrogens with zero attached hydrogens (tertiary/aromatic N) is 1. The molecule has 146 valence electrons. The van der Waals surface area contributed by atoms with Gasteiger partial charge in [-0.1, -0.05) is 40.9 Å². The van der Waals surface area contributed by atoms with Crippen LogP contribution in [0.25, 0.3) is 0 Å². The zero-order valence-corrected chi connectivity index (χ0v) is 16.7. The molecule has 1 atom stereocenters. The third kappa shape index (κ3) is 4.95. The minimum atomic E-state index is -0.654. The molecular weight excluding hydrogens is 427 g/mol. The van der Waals surface area contributed by atoms with Crippen LogP contribution in [0.2, 0.25) is 15.1 Å². The van der Waals surface area contributed by atoms with Crippen LogP contribution in [0.3, 0.4) is 0 Å². The van der Waals surface area contributed by atoms with E-state index in [4.69, 9.17) is 39.5 Å². The molecule has 2 aromatic rings. The number of amides is 2. The Labute approximate surface area is 176 Å². The standard InChI is InChI=1S/C19H15Cl3N2O4/c20-12-2-1-3-14(7-12)24-9-11(6-18(24)26)19(27)28-10-17(25)23-16-5-4-13(21)8-15(16)22/h1-5,7-8,11H,6,9-10H2,(H,23,25)/t11-/m0/s1. The number of anilines is 2. The van der Waals surface area contributed by atoms with Crippen LogP contribution in [-0.4, -0.2) is 30.9 Å². The van der Waals surface area contributed by atoms with Crippen LogP contribution in [0.5, 0.6) is 0 Å². The first-order valence-electron chi connectivity index (χ1n) is 8.31. The maximum atomic E-state index is 12.3. The summed E-state index contributed by atoms with van der Waals surface area (Å²) in [4.78, 5) is 37.9.